The Morgan fingerprint density at radius 2 is 1.76 bits per heavy atom. The molecule has 0 aromatic rings. The van der Waals surface area contributed by atoms with Gasteiger partial charge in [-0.15, -0.1) is 5.73 Å². The van der Waals surface area contributed by atoms with Crippen LogP contribution in [-0.4, -0.2) is 12.6 Å². The van der Waals surface area contributed by atoms with Crippen LogP contribution in [0, 0.1) is 0 Å². The highest BCUT2D eigenvalue weighted by molar-refractivity contribution is 5.70. The maximum atomic E-state index is 11.0. The second-order valence-electron chi connectivity index (χ2n) is 4.14. The van der Waals surface area contributed by atoms with Crippen LogP contribution in [0.3, 0.4) is 0 Å². The molecule has 0 amide bonds. The lowest BCUT2D eigenvalue weighted by atomic mass is 10.1. The summed E-state index contributed by atoms with van der Waals surface area (Å²) in [7, 11) is 0. The van der Waals surface area contributed by atoms with E-state index in [0.717, 1.165) is 6.42 Å². The molecule has 0 N–H and O–H groups in total. The molecule has 0 atom stereocenters. The van der Waals surface area contributed by atoms with Crippen molar-refractivity contribution in [3.05, 3.63) is 17.9 Å². The van der Waals surface area contributed by atoms with Gasteiger partial charge in [-0.05, 0) is 31.9 Å². The normalized spacial score (nSPS) is 9.53. The third-order valence-electron chi connectivity index (χ3n) is 2.51. The van der Waals surface area contributed by atoms with E-state index in [4.69, 9.17) is 4.74 Å². The van der Waals surface area contributed by atoms with E-state index in [1.807, 2.05) is 13.0 Å². The molecule has 0 aromatic heterocycles. The van der Waals surface area contributed by atoms with E-state index in [0.29, 0.717) is 13.0 Å². The second kappa shape index (κ2) is 13.1. The third-order valence-corrected chi connectivity index (χ3v) is 2.51. The zero-order chi connectivity index (χ0) is 12.8. The molecular weight excluding hydrogens is 212 g/mol. The lowest BCUT2D eigenvalue weighted by Gasteiger charge is -1.96. The number of rotatable bonds is 10. The van der Waals surface area contributed by atoms with Crippen LogP contribution in [0.15, 0.2) is 17.9 Å². The number of hydrogen-bond acceptors (Lipinski definition) is 2. The number of carbonyl (C=O) groups excluding carboxylic acids is 1. The molecule has 0 spiro atoms. The molecule has 0 bridgehead atoms. The molecule has 0 saturated heterocycles. The molecule has 0 aliphatic heterocycles. The van der Waals surface area contributed by atoms with Crippen molar-refractivity contribution in [1.29, 1.82) is 0 Å². The molecule has 17 heavy (non-hydrogen) atoms. The van der Waals surface area contributed by atoms with E-state index in [-0.39, 0.29) is 5.97 Å². The average Bonchev–Trinajstić information content (AvgIpc) is 2.32. The number of hydrogen-bond donors (Lipinski definition) is 0. The van der Waals surface area contributed by atoms with Crippen molar-refractivity contribution >= 4 is 5.97 Å². The van der Waals surface area contributed by atoms with Gasteiger partial charge in [0.15, 0.2) is 0 Å². The van der Waals surface area contributed by atoms with Crippen molar-refractivity contribution in [3.8, 4) is 0 Å². The topological polar surface area (TPSA) is 26.3 Å². The summed E-state index contributed by atoms with van der Waals surface area (Å²) >= 11 is 0. The summed E-state index contributed by atoms with van der Waals surface area (Å²) in [5.74, 6) is -0.173. The molecule has 0 unspecified atom stereocenters. The van der Waals surface area contributed by atoms with Gasteiger partial charge in [0.05, 0.1) is 13.0 Å². The molecule has 2 heteroatoms. The van der Waals surface area contributed by atoms with Crippen LogP contribution >= 0.6 is 0 Å². The van der Waals surface area contributed by atoms with E-state index in [2.05, 4.69) is 12.7 Å². The van der Waals surface area contributed by atoms with Crippen molar-refractivity contribution in [1.82, 2.24) is 0 Å². The highest BCUT2D eigenvalue weighted by Gasteiger charge is 1.94. The Bertz CT molecular complexity index is 237. The third kappa shape index (κ3) is 12.9. The van der Waals surface area contributed by atoms with Gasteiger partial charge in [0, 0.05) is 0 Å². The standard InChI is InChI=1S/C15H26O2/c1-3-5-6-7-8-9-10-11-12-13-14-15(16)17-4-2/h11,13H,3-10,14H2,1-2H3. The summed E-state index contributed by atoms with van der Waals surface area (Å²) < 4.78 is 4.80. The maximum absolute atomic E-state index is 11.0. The zero-order valence-electron chi connectivity index (χ0n) is 11.3. The molecule has 0 aromatic carbocycles. The van der Waals surface area contributed by atoms with Crippen LogP contribution in [0.1, 0.15) is 65.2 Å². The zero-order valence-corrected chi connectivity index (χ0v) is 11.3. The first-order valence-electron chi connectivity index (χ1n) is 6.86. The van der Waals surface area contributed by atoms with E-state index in [1.165, 1.54) is 38.5 Å². The van der Waals surface area contributed by atoms with E-state index >= 15 is 0 Å². The van der Waals surface area contributed by atoms with Crippen LogP contribution in [0.2, 0.25) is 0 Å². The van der Waals surface area contributed by atoms with Crippen LogP contribution in [0.4, 0.5) is 0 Å². The predicted molar refractivity (Wildman–Crippen MR) is 71.9 cm³/mol. The monoisotopic (exact) mass is 238 g/mol. The fraction of sp³-hybridized carbons (Fsp3) is 0.733. The van der Waals surface area contributed by atoms with Gasteiger partial charge in [-0.2, -0.15) is 0 Å². The van der Waals surface area contributed by atoms with Crippen molar-refractivity contribution < 1.29 is 9.53 Å². The summed E-state index contributed by atoms with van der Waals surface area (Å²) in [5, 5.41) is 0. The van der Waals surface area contributed by atoms with E-state index in [9.17, 15) is 4.79 Å². The Kier molecular flexibility index (Phi) is 12.3. The molecule has 0 fully saturated rings. The smallest absolute Gasteiger partial charge is 0.310 e. The Morgan fingerprint density at radius 3 is 2.47 bits per heavy atom. The molecule has 0 radical (unpaired) electrons. The Hall–Kier alpha value is -1.01. The summed E-state index contributed by atoms with van der Waals surface area (Å²) in [6, 6.07) is 0. The molecule has 0 saturated carbocycles. The summed E-state index contributed by atoms with van der Waals surface area (Å²) in [6.45, 7) is 4.50. The quantitative estimate of drug-likeness (QED) is 0.320. The first-order chi connectivity index (χ1) is 8.31. The van der Waals surface area contributed by atoms with Gasteiger partial charge >= 0.3 is 5.97 Å². The van der Waals surface area contributed by atoms with Crippen molar-refractivity contribution in [2.24, 2.45) is 0 Å². The molecule has 0 rings (SSSR count). The van der Waals surface area contributed by atoms with Crippen molar-refractivity contribution in [3.63, 3.8) is 0 Å². The molecule has 0 heterocycles. The number of carbonyl (C=O) groups is 1. The average molecular weight is 238 g/mol. The molecule has 0 aliphatic carbocycles. The van der Waals surface area contributed by atoms with Crippen molar-refractivity contribution in [2.45, 2.75) is 65.2 Å². The molecule has 2 nitrogen and oxygen atoms in total. The van der Waals surface area contributed by atoms with Crippen LogP contribution in [-0.2, 0) is 9.53 Å². The first kappa shape index (κ1) is 16.0. The second-order valence-corrected chi connectivity index (χ2v) is 4.14. The van der Waals surface area contributed by atoms with Gasteiger partial charge in [-0.25, -0.2) is 0 Å². The largest absolute Gasteiger partial charge is 0.466 e. The minimum atomic E-state index is -0.173. The number of esters is 1. The summed E-state index contributed by atoms with van der Waals surface area (Å²) in [6.07, 6.45) is 13.0. The minimum absolute atomic E-state index is 0.173. The van der Waals surface area contributed by atoms with Gasteiger partial charge in [0.1, 0.15) is 0 Å². The Balaban J connectivity index is 3.34. The molecule has 0 aliphatic rings. The van der Waals surface area contributed by atoms with Gasteiger partial charge in [-0.1, -0.05) is 39.0 Å². The fourth-order valence-corrected chi connectivity index (χ4v) is 1.56. The van der Waals surface area contributed by atoms with E-state index in [1.54, 1.807) is 6.08 Å². The SMILES string of the molecule is CCCCCCCCC=C=CCC(=O)OCC. The predicted octanol–water partition coefficient (Wildman–Crippen LogP) is 4.40. The fourth-order valence-electron chi connectivity index (χ4n) is 1.56. The summed E-state index contributed by atoms with van der Waals surface area (Å²) in [4.78, 5) is 11.0. The Morgan fingerprint density at radius 1 is 1.06 bits per heavy atom. The highest BCUT2D eigenvalue weighted by Crippen LogP contribution is 2.06. The van der Waals surface area contributed by atoms with Crippen LogP contribution in [0.25, 0.3) is 0 Å². The Labute approximate surface area is 106 Å². The summed E-state index contributed by atoms with van der Waals surface area (Å²) in [5.41, 5.74) is 3.03. The van der Waals surface area contributed by atoms with Crippen molar-refractivity contribution in [2.75, 3.05) is 6.61 Å². The van der Waals surface area contributed by atoms with Gasteiger partial charge in [-0.3, -0.25) is 4.79 Å². The number of unbranched alkanes of at least 4 members (excludes halogenated alkanes) is 6. The first-order valence-corrected chi connectivity index (χ1v) is 6.86. The lowest BCUT2D eigenvalue weighted by molar-refractivity contribution is -0.142. The van der Waals surface area contributed by atoms with E-state index < -0.39 is 0 Å². The van der Waals surface area contributed by atoms with Gasteiger partial charge in [0.2, 0.25) is 0 Å². The molecular formula is C15H26O2. The van der Waals surface area contributed by atoms with Gasteiger partial charge < -0.3 is 4.74 Å². The van der Waals surface area contributed by atoms with Crippen LogP contribution < -0.4 is 0 Å². The minimum Gasteiger partial charge on any atom is -0.466 e. The lowest BCUT2D eigenvalue weighted by Crippen LogP contribution is -2.00. The van der Waals surface area contributed by atoms with Gasteiger partial charge in [0.25, 0.3) is 0 Å². The highest BCUT2D eigenvalue weighted by atomic mass is 16.5. The maximum Gasteiger partial charge on any atom is 0.310 e. The molecule has 98 valence electrons. The van der Waals surface area contributed by atoms with Crippen LogP contribution in [0.5, 0.6) is 0 Å². The number of ether oxygens (including phenoxy) is 1.